The topological polar surface area (TPSA) is 57.5 Å². The van der Waals surface area contributed by atoms with Crippen LogP contribution in [0.2, 0.25) is 0 Å². The predicted molar refractivity (Wildman–Crippen MR) is 44.1 cm³/mol. The Morgan fingerprint density at radius 3 is 2.00 bits per heavy atom. The Morgan fingerprint density at radius 1 is 1.50 bits per heavy atom. The van der Waals surface area contributed by atoms with Gasteiger partial charge in [0.1, 0.15) is 0 Å². The summed E-state index contributed by atoms with van der Waals surface area (Å²) < 4.78 is 29.3. The molecule has 0 aromatic rings. The summed E-state index contributed by atoms with van der Waals surface area (Å²) in [5, 5.41) is -0.657. The normalized spacial score (nSPS) is 16.8. The zero-order valence-electron chi connectivity index (χ0n) is 6.08. The molecule has 0 amide bonds. The maximum atomic E-state index is 11.1. The van der Waals surface area contributed by atoms with Gasteiger partial charge < -0.3 is 9.11 Å². The Hall–Kier alpha value is 0.360. The van der Waals surface area contributed by atoms with Crippen LogP contribution in [-0.2, 0) is 9.63 Å². The molecule has 0 rings (SSSR count). The lowest BCUT2D eigenvalue weighted by Crippen LogP contribution is -2.44. The Morgan fingerprint density at radius 2 is 1.90 bits per heavy atom. The zero-order chi connectivity index (χ0) is 8.44. The molecule has 0 saturated heterocycles. The van der Waals surface area contributed by atoms with Gasteiger partial charge in [0.05, 0.1) is 20.6 Å². The lowest BCUT2D eigenvalue weighted by molar-refractivity contribution is 0.381. The SMILES string of the molecule is CC(C)S(=O)(O)(O)CCCl. The molecule has 0 unspecified atom stereocenters. The van der Waals surface area contributed by atoms with Crippen LogP contribution < -0.4 is 0 Å². The van der Waals surface area contributed by atoms with Crippen molar-refractivity contribution >= 4 is 21.2 Å². The van der Waals surface area contributed by atoms with Gasteiger partial charge in [-0.05, 0) is 13.8 Å². The average molecular weight is 189 g/mol. The number of hydrogen-bond donors (Lipinski definition) is 2. The third kappa shape index (κ3) is 2.54. The molecule has 0 spiro atoms. The number of alkyl halides is 1. The van der Waals surface area contributed by atoms with Crippen molar-refractivity contribution in [1.29, 1.82) is 0 Å². The zero-order valence-corrected chi connectivity index (χ0v) is 7.65. The fourth-order valence-corrected chi connectivity index (χ4v) is 2.01. The molecule has 0 bridgehead atoms. The summed E-state index contributed by atoms with van der Waals surface area (Å²) in [4.78, 5) is 0. The number of hydrogen-bond acceptors (Lipinski definition) is 1. The molecular formula is C5H13ClO3S. The van der Waals surface area contributed by atoms with Crippen molar-refractivity contribution in [3.05, 3.63) is 0 Å². The molecule has 0 aliphatic rings. The van der Waals surface area contributed by atoms with Crippen molar-refractivity contribution in [2.75, 3.05) is 11.6 Å². The molecule has 3 nitrogen and oxygen atoms in total. The van der Waals surface area contributed by atoms with Crippen molar-refractivity contribution in [2.45, 2.75) is 19.1 Å². The molecule has 2 N–H and O–H groups in total. The fourth-order valence-electron chi connectivity index (χ4n) is 0.381. The summed E-state index contributed by atoms with van der Waals surface area (Å²) in [5.41, 5.74) is 0. The minimum atomic E-state index is -4.39. The quantitative estimate of drug-likeness (QED) is 0.659. The maximum absolute atomic E-state index is 11.1. The van der Waals surface area contributed by atoms with Crippen LogP contribution >= 0.6 is 11.6 Å². The third-order valence-electron chi connectivity index (χ3n) is 1.41. The minimum absolute atomic E-state index is 0.00343. The minimum Gasteiger partial charge on any atom is -0.307 e. The van der Waals surface area contributed by atoms with E-state index in [0.29, 0.717) is 0 Å². The maximum Gasteiger partial charge on any atom is 0.0859 e. The van der Waals surface area contributed by atoms with Gasteiger partial charge in [-0.1, -0.05) is 0 Å². The van der Waals surface area contributed by atoms with E-state index in [0.717, 1.165) is 0 Å². The molecule has 0 aliphatic heterocycles. The highest BCUT2D eigenvalue weighted by Crippen LogP contribution is 2.22. The summed E-state index contributed by atoms with van der Waals surface area (Å²) in [6.45, 7) is 2.98. The van der Waals surface area contributed by atoms with Gasteiger partial charge in [0.2, 0.25) is 0 Å². The second kappa shape index (κ2) is 2.77. The van der Waals surface area contributed by atoms with Crippen LogP contribution in [-0.4, -0.2) is 30.2 Å². The van der Waals surface area contributed by atoms with Crippen LogP contribution in [0.25, 0.3) is 0 Å². The van der Waals surface area contributed by atoms with E-state index in [4.69, 9.17) is 20.7 Å². The standard InChI is InChI=1S/C5H13ClO3S/c1-5(2)10(7,8,9)4-3-6/h5H,3-4H2,1-2H3,(H2,7,8,9). The van der Waals surface area contributed by atoms with Gasteiger partial charge in [-0.3, -0.25) is 0 Å². The monoisotopic (exact) mass is 188 g/mol. The highest BCUT2D eigenvalue weighted by molar-refractivity contribution is 8.10. The molecule has 0 fully saturated rings. The van der Waals surface area contributed by atoms with E-state index in [1.54, 1.807) is 0 Å². The van der Waals surface area contributed by atoms with Crippen LogP contribution in [0.15, 0.2) is 0 Å². The lowest BCUT2D eigenvalue weighted by atomic mass is 10.6. The van der Waals surface area contributed by atoms with Crippen LogP contribution in [0.5, 0.6) is 0 Å². The van der Waals surface area contributed by atoms with Gasteiger partial charge in [0.25, 0.3) is 0 Å². The van der Waals surface area contributed by atoms with E-state index in [2.05, 4.69) is 0 Å². The van der Waals surface area contributed by atoms with Gasteiger partial charge in [-0.25, -0.2) is 4.21 Å². The first-order valence-corrected chi connectivity index (χ1v) is 5.63. The van der Waals surface area contributed by atoms with E-state index < -0.39 is 14.9 Å². The Balaban J connectivity index is 4.44. The van der Waals surface area contributed by atoms with Crippen LogP contribution in [0.3, 0.4) is 0 Å². The number of rotatable bonds is 3. The molecule has 5 heteroatoms. The predicted octanol–water partition coefficient (Wildman–Crippen LogP) is 1.40. The van der Waals surface area contributed by atoms with Gasteiger partial charge in [-0.2, -0.15) is 0 Å². The molecule has 0 aliphatic carbocycles. The van der Waals surface area contributed by atoms with E-state index in [9.17, 15) is 4.21 Å². The van der Waals surface area contributed by atoms with Crippen molar-refractivity contribution in [3.8, 4) is 0 Å². The molecule has 0 atom stereocenters. The summed E-state index contributed by atoms with van der Waals surface area (Å²) in [5.74, 6) is -0.257. The molecule has 0 aromatic carbocycles. The molecule has 0 radical (unpaired) electrons. The van der Waals surface area contributed by atoms with Crippen molar-refractivity contribution in [1.82, 2.24) is 0 Å². The number of halogens is 1. The summed E-state index contributed by atoms with van der Waals surface area (Å²) >= 11 is 5.23. The first kappa shape index (κ1) is 10.4. The van der Waals surface area contributed by atoms with Gasteiger partial charge in [0, 0.05) is 5.88 Å². The van der Waals surface area contributed by atoms with Crippen molar-refractivity contribution in [3.63, 3.8) is 0 Å². The van der Waals surface area contributed by atoms with E-state index in [1.165, 1.54) is 13.8 Å². The molecule has 64 valence electrons. The molecular weight excluding hydrogens is 176 g/mol. The molecule has 0 heterocycles. The van der Waals surface area contributed by atoms with E-state index in [1.807, 2.05) is 0 Å². The summed E-state index contributed by atoms with van der Waals surface area (Å²) in [7, 11) is -4.39. The van der Waals surface area contributed by atoms with Crippen molar-refractivity contribution < 1.29 is 13.3 Å². The summed E-state index contributed by atoms with van der Waals surface area (Å²) in [6, 6.07) is 0. The Labute approximate surface area is 65.8 Å². The van der Waals surface area contributed by atoms with Crippen molar-refractivity contribution in [2.24, 2.45) is 0 Å². The first-order valence-electron chi connectivity index (χ1n) is 2.98. The highest BCUT2D eigenvalue weighted by atomic mass is 35.5. The third-order valence-corrected chi connectivity index (χ3v) is 4.69. The first-order chi connectivity index (χ1) is 4.28. The van der Waals surface area contributed by atoms with Gasteiger partial charge in [0.15, 0.2) is 0 Å². The van der Waals surface area contributed by atoms with E-state index >= 15 is 0 Å². The lowest BCUT2D eigenvalue weighted by Gasteiger charge is -2.33. The smallest absolute Gasteiger partial charge is 0.0859 e. The van der Waals surface area contributed by atoms with Crippen LogP contribution in [0.4, 0.5) is 0 Å². The van der Waals surface area contributed by atoms with Crippen LogP contribution in [0, 0.1) is 0 Å². The Bertz CT molecular complexity index is 172. The molecule has 0 aromatic heterocycles. The second-order valence-corrected chi connectivity index (χ2v) is 6.41. The van der Waals surface area contributed by atoms with Gasteiger partial charge >= 0.3 is 0 Å². The van der Waals surface area contributed by atoms with E-state index in [-0.39, 0.29) is 11.6 Å². The largest absolute Gasteiger partial charge is 0.307 e. The fraction of sp³-hybridized carbons (Fsp3) is 1.00. The molecule has 10 heavy (non-hydrogen) atoms. The average Bonchev–Trinajstić information content (AvgIpc) is 1.62. The second-order valence-electron chi connectivity index (χ2n) is 2.52. The van der Waals surface area contributed by atoms with Gasteiger partial charge in [-0.15, -0.1) is 11.6 Å². The summed E-state index contributed by atoms with van der Waals surface area (Å²) in [6.07, 6.45) is 0. The highest BCUT2D eigenvalue weighted by Gasteiger charge is 2.33. The Kier molecular flexibility index (Phi) is 2.87. The molecule has 0 saturated carbocycles. The van der Waals surface area contributed by atoms with Crippen LogP contribution in [0.1, 0.15) is 13.8 Å².